The Hall–Kier alpha value is -1.87. The predicted octanol–water partition coefficient (Wildman–Crippen LogP) is 3.55. The van der Waals surface area contributed by atoms with Crippen LogP contribution in [0.1, 0.15) is 34.8 Å². The number of aromatic nitrogens is 1. The summed E-state index contributed by atoms with van der Waals surface area (Å²) in [5.74, 6) is -1.22. The fraction of sp³-hybridized carbons (Fsp3) is 0.500. The van der Waals surface area contributed by atoms with Crippen LogP contribution in [0.15, 0.2) is 16.7 Å². The molecule has 3 rings (SSSR count). The summed E-state index contributed by atoms with van der Waals surface area (Å²) in [5.41, 5.74) is 0.0520. The molecular formula is C16H18F3N3O2S. The van der Waals surface area contributed by atoms with Gasteiger partial charge in [0.15, 0.2) is 0 Å². The fourth-order valence-electron chi connectivity index (χ4n) is 3.06. The standard InChI is InChI=1S/C16H18F3N3O2S/c1-8-6-22(7-9(2)20-8)15(23)12-5-4-11(25-12)13-10(3)14(24-21-13)16(17,18)19/h4-5,8-9,20H,6-7H2,1-3H3. The number of nitrogens with one attached hydrogen (secondary N) is 1. The minimum atomic E-state index is -4.58. The van der Waals surface area contributed by atoms with Crippen molar-refractivity contribution in [1.82, 2.24) is 15.4 Å². The molecular weight excluding hydrogens is 355 g/mol. The molecule has 0 aromatic carbocycles. The second-order valence-electron chi connectivity index (χ2n) is 6.33. The van der Waals surface area contributed by atoms with Crippen LogP contribution in [0, 0.1) is 6.92 Å². The molecule has 0 aliphatic carbocycles. The van der Waals surface area contributed by atoms with E-state index in [-0.39, 0.29) is 29.2 Å². The summed E-state index contributed by atoms with van der Waals surface area (Å²) in [6.07, 6.45) is -4.58. The van der Waals surface area contributed by atoms with Crippen LogP contribution < -0.4 is 5.32 Å². The summed E-state index contributed by atoms with van der Waals surface area (Å²) in [5, 5.41) is 6.89. The summed E-state index contributed by atoms with van der Waals surface area (Å²) in [6, 6.07) is 3.62. The minimum absolute atomic E-state index is 0.0715. The molecule has 9 heteroatoms. The zero-order chi connectivity index (χ0) is 18.4. The molecule has 1 aliphatic heterocycles. The van der Waals surface area contributed by atoms with Crippen LogP contribution in [0.4, 0.5) is 13.2 Å². The Morgan fingerprint density at radius 3 is 2.52 bits per heavy atom. The third-order valence-corrected chi connectivity index (χ3v) is 5.16. The summed E-state index contributed by atoms with van der Waals surface area (Å²) in [4.78, 5) is 15.4. The zero-order valence-corrected chi connectivity index (χ0v) is 14.8. The molecule has 1 aliphatic rings. The van der Waals surface area contributed by atoms with E-state index >= 15 is 0 Å². The first kappa shape index (κ1) is 17.9. The van der Waals surface area contributed by atoms with E-state index in [9.17, 15) is 18.0 Å². The number of carbonyl (C=O) groups is 1. The van der Waals surface area contributed by atoms with Gasteiger partial charge in [-0.1, -0.05) is 5.16 Å². The number of nitrogens with zero attached hydrogens (tertiary/aromatic N) is 2. The van der Waals surface area contributed by atoms with Crippen LogP contribution in [0.25, 0.3) is 10.6 Å². The van der Waals surface area contributed by atoms with Crippen LogP contribution >= 0.6 is 11.3 Å². The van der Waals surface area contributed by atoms with Crippen LogP contribution in [0.2, 0.25) is 0 Å². The predicted molar refractivity (Wildman–Crippen MR) is 87.5 cm³/mol. The van der Waals surface area contributed by atoms with Gasteiger partial charge in [-0.3, -0.25) is 4.79 Å². The summed E-state index contributed by atoms with van der Waals surface area (Å²) in [6.45, 7) is 6.52. The van der Waals surface area contributed by atoms with E-state index in [1.54, 1.807) is 17.0 Å². The number of halogens is 3. The number of thiophene rings is 1. The first-order valence-corrected chi connectivity index (χ1v) is 8.67. The largest absolute Gasteiger partial charge is 0.452 e. The van der Waals surface area contributed by atoms with E-state index in [0.717, 1.165) is 11.3 Å². The van der Waals surface area contributed by atoms with Crippen LogP contribution in [-0.4, -0.2) is 41.1 Å². The maximum absolute atomic E-state index is 12.8. The maximum atomic E-state index is 12.8. The topological polar surface area (TPSA) is 58.4 Å². The number of alkyl halides is 3. The van der Waals surface area contributed by atoms with Gasteiger partial charge in [0.05, 0.1) is 9.75 Å². The third-order valence-electron chi connectivity index (χ3n) is 4.08. The Morgan fingerprint density at radius 2 is 1.96 bits per heavy atom. The van der Waals surface area contributed by atoms with Gasteiger partial charge >= 0.3 is 6.18 Å². The summed E-state index contributed by atoms with van der Waals surface area (Å²) >= 11 is 1.13. The van der Waals surface area contributed by atoms with Gasteiger partial charge in [0, 0.05) is 30.7 Å². The molecule has 2 aromatic heterocycles. The molecule has 25 heavy (non-hydrogen) atoms. The highest BCUT2D eigenvalue weighted by atomic mass is 32.1. The van der Waals surface area contributed by atoms with E-state index in [0.29, 0.717) is 22.8 Å². The van der Waals surface area contributed by atoms with Crippen LogP contribution in [0.3, 0.4) is 0 Å². The number of amides is 1. The number of carbonyl (C=O) groups excluding carboxylic acids is 1. The molecule has 0 saturated carbocycles. The highest BCUT2D eigenvalue weighted by molar-refractivity contribution is 7.17. The van der Waals surface area contributed by atoms with Gasteiger partial charge in [-0.2, -0.15) is 13.2 Å². The Labute approximate surface area is 146 Å². The van der Waals surface area contributed by atoms with Gasteiger partial charge in [0.1, 0.15) is 5.69 Å². The average Bonchev–Trinajstić information content (AvgIpc) is 3.11. The van der Waals surface area contributed by atoms with E-state index in [2.05, 4.69) is 15.0 Å². The molecule has 0 bridgehead atoms. The van der Waals surface area contributed by atoms with Gasteiger partial charge in [0.25, 0.3) is 5.91 Å². The zero-order valence-electron chi connectivity index (χ0n) is 14.0. The van der Waals surface area contributed by atoms with Gasteiger partial charge in [0.2, 0.25) is 5.76 Å². The number of hydrogen-bond acceptors (Lipinski definition) is 5. The van der Waals surface area contributed by atoms with Crippen molar-refractivity contribution in [3.63, 3.8) is 0 Å². The van der Waals surface area contributed by atoms with Gasteiger partial charge in [-0.05, 0) is 32.9 Å². The highest BCUT2D eigenvalue weighted by Crippen LogP contribution is 2.38. The molecule has 0 radical (unpaired) electrons. The van der Waals surface area contributed by atoms with Crippen molar-refractivity contribution in [3.05, 3.63) is 28.3 Å². The van der Waals surface area contributed by atoms with Crippen molar-refractivity contribution in [1.29, 1.82) is 0 Å². The highest BCUT2D eigenvalue weighted by Gasteiger charge is 2.39. The fourth-order valence-corrected chi connectivity index (χ4v) is 4.07. The van der Waals surface area contributed by atoms with E-state index in [4.69, 9.17) is 0 Å². The smallest absolute Gasteiger partial charge is 0.351 e. The summed E-state index contributed by atoms with van der Waals surface area (Å²) in [7, 11) is 0. The molecule has 1 N–H and O–H groups in total. The molecule has 0 spiro atoms. The Kier molecular flexibility index (Phi) is 4.63. The average molecular weight is 373 g/mol. The molecule has 1 fully saturated rings. The lowest BCUT2D eigenvalue weighted by Crippen LogP contribution is -2.55. The Morgan fingerprint density at radius 1 is 1.32 bits per heavy atom. The van der Waals surface area contributed by atoms with Gasteiger partial charge < -0.3 is 14.7 Å². The summed E-state index contributed by atoms with van der Waals surface area (Å²) < 4.78 is 42.9. The minimum Gasteiger partial charge on any atom is -0.351 e. The normalized spacial score (nSPS) is 21.6. The van der Waals surface area contributed by atoms with Crippen molar-refractivity contribution >= 4 is 17.2 Å². The van der Waals surface area contributed by atoms with Crippen molar-refractivity contribution in [2.24, 2.45) is 0 Å². The SMILES string of the molecule is Cc1c(-c2ccc(C(=O)N3CC(C)NC(C)C3)s2)noc1C(F)(F)F. The van der Waals surface area contributed by atoms with Crippen LogP contribution in [-0.2, 0) is 6.18 Å². The maximum Gasteiger partial charge on any atom is 0.452 e. The van der Waals surface area contributed by atoms with Crippen molar-refractivity contribution in [3.8, 4) is 10.6 Å². The molecule has 3 heterocycles. The lowest BCUT2D eigenvalue weighted by atomic mass is 10.1. The second kappa shape index (κ2) is 6.45. The van der Waals surface area contributed by atoms with E-state index in [1.165, 1.54) is 6.92 Å². The molecule has 136 valence electrons. The van der Waals surface area contributed by atoms with Crippen LogP contribution in [0.5, 0.6) is 0 Å². The van der Waals surface area contributed by atoms with Crippen molar-refractivity contribution in [2.45, 2.75) is 39.0 Å². The molecule has 5 nitrogen and oxygen atoms in total. The molecule has 1 amide bonds. The Bertz CT molecular complexity index is 774. The number of piperazine rings is 1. The molecule has 2 unspecified atom stereocenters. The van der Waals surface area contributed by atoms with Gasteiger partial charge in [-0.15, -0.1) is 11.3 Å². The first-order chi connectivity index (χ1) is 11.7. The lowest BCUT2D eigenvalue weighted by Gasteiger charge is -2.35. The van der Waals surface area contributed by atoms with E-state index < -0.39 is 11.9 Å². The van der Waals surface area contributed by atoms with Crippen molar-refractivity contribution < 1.29 is 22.5 Å². The first-order valence-electron chi connectivity index (χ1n) is 7.85. The number of hydrogen-bond donors (Lipinski definition) is 1. The Balaban J connectivity index is 1.83. The molecule has 2 aromatic rings. The molecule has 1 saturated heterocycles. The molecule has 2 atom stereocenters. The lowest BCUT2D eigenvalue weighted by molar-refractivity contribution is -0.156. The van der Waals surface area contributed by atoms with Gasteiger partial charge in [-0.25, -0.2) is 0 Å². The van der Waals surface area contributed by atoms with E-state index in [1.807, 2.05) is 13.8 Å². The number of rotatable bonds is 2. The second-order valence-corrected chi connectivity index (χ2v) is 7.41. The quantitative estimate of drug-likeness (QED) is 0.875. The van der Waals surface area contributed by atoms with Crippen molar-refractivity contribution in [2.75, 3.05) is 13.1 Å². The monoisotopic (exact) mass is 373 g/mol. The third kappa shape index (κ3) is 3.57.